The minimum atomic E-state index is -1.18. The van der Waals surface area contributed by atoms with Crippen molar-refractivity contribution >= 4 is 47.0 Å². The third kappa shape index (κ3) is 4.65. The highest BCUT2D eigenvalue weighted by molar-refractivity contribution is 8.01. The molecule has 10 nitrogen and oxygen atoms in total. The molecule has 2 aliphatic rings. The molecule has 3 rings (SSSR count). The molecule has 0 radical (unpaired) electrons. The van der Waals surface area contributed by atoms with Gasteiger partial charge in [0, 0.05) is 16.5 Å². The third-order valence-corrected chi connectivity index (χ3v) is 7.43. The number of thioether (sulfide) groups is 1. The lowest BCUT2D eigenvalue weighted by Gasteiger charge is -2.44. The van der Waals surface area contributed by atoms with Gasteiger partial charge in [0.1, 0.15) is 23.5 Å². The van der Waals surface area contributed by atoms with Gasteiger partial charge in [0.25, 0.3) is 0 Å². The Hall–Kier alpha value is -2.31. The van der Waals surface area contributed by atoms with Crippen molar-refractivity contribution in [2.75, 3.05) is 6.61 Å². The number of carbonyl (C=O) groups is 4. The molecule has 2 aliphatic heterocycles. The second-order valence-corrected chi connectivity index (χ2v) is 10.3. The first-order valence-electron chi connectivity index (χ1n) is 9.70. The van der Waals surface area contributed by atoms with Gasteiger partial charge in [-0.2, -0.15) is 0 Å². The van der Waals surface area contributed by atoms with Crippen molar-refractivity contribution in [1.82, 2.24) is 10.2 Å². The number of fused-ring (bicyclic) bond motifs is 1. The number of β-lactam (4-membered cyclic amide) rings is 1. The van der Waals surface area contributed by atoms with E-state index in [-0.39, 0.29) is 6.61 Å². The fraction of sp³-hybridized carbons (Fsp3) is 0.579. The lowest BCUT2D eigenvalue weighted by Crippen LogP contribution is -2.71. The van der Waals surface area contributed by atoms with E-state index in [0.717, 1.165) is 0 Å². The van der Waals surface area contributed by atoms with Crippen LogP contribution in [0.3, 0.4) is 0 Å². The van der Waals surface area contributed by atoms with Crippen molar-refractivity contribution in [2.45, 2.75) is 62.2 Å². The van der Waals surface area contributed by atoms with Crippen molar-refractivity contribution in [3.63, 3.8) is 0 Å². The van der Waals surface area contributed by atoms with Crippen LogP contribution >= 0.6 is 23.1 Å². The molecule has 2 unspecified atom stereocenters. The Morgan fingerprint density at radius 3 is 2.65 bits per heavy atom. The molecule has 0 spiro atoms. The topological polar surface area (TPSA) is 137 Å². The van der Waals surface area contributed by atoms with Crippen LogP contribution in [0.25, 0.3) is 0 Å². The Morgan fingerprint density at radius 1 is 1.32 bits per heavy atom. The van der Waals surface area contributed by atoms with E-state index in [0.29, 0.717) is 4.88 Å². The van der Waals surface area contributed by atoms with Crippen LogP contribution in [-0.4, -0.2) is 63.9 Å². The molecule has 0 saturated carbocycles. The number of thiophene rings is 1. The number of esters is 1. The number of nitrogens with zero attached hydrogens (tertiary/aromatic N) is 1. The molecule has 0 bridgehead atoms. The van der Waals surface area contributed by atoms with E-state index in [9.17, 15) is 19.2 Å². The van der Waals surface area contributed by atoms with Gasteiger partial charge in [0.15, 0.2) is 0 Å². The van der Waals surface area contributed by atoms with Gasteiger partial charge in [0.2, 0.25) is 18.1 Å². The zero-order valence-electron chi connectivity index (χ0n) is 17.5. The van der Waals surface area contributed by atoms with Crippen LogP contribution in [0.5, 0.6) is 0 Å². The van der Waals surface area contributed by atoms with E-state index in [2.05, 4.69) is 10.1 Å². The molecule has 12 heteroatoms. The van der Waals surface area contributed by atoms with E-state index in [4.69, 9.17) is 15.2 Å². The van der Waals surface area contributed by atoms with Crippen LogP contribution in [0.2, 0.25) is 0 Å². The number of hydrogen-bond donors (Lipinski definition) is 2. The first-order valence-corrected chi connectivity index (χ1v) is 11.5. The lowest BCUT2D eigenvalue weighted by atomic mass is 9.96. The standard InChI is InChI=1S/C19H25N3O7S2/c1-5-27-18(26)29-9(2)28-17(25)13-19(3,4)31-16-12(15(24)22(13)16)21-14(23)11(20)10-7-6-8-30-10/h6-9,11-13,16H,5,20H2,1-4H3,(H,21,23)/t9?,11?,12-,13+,16-/m1/s1. The van der Waals surface area contributed by atoms with Gasteiger partial charge >= 0.3 is 12.1 Å². The van der Waals surface area contributed by atoms with Crippen molar-refractivity contribution < 1.29 is 33.4 Å². The second kappa shape index (κ2) is 9.05. The zero-order chi connectivity index (χ0) is 22.9. The first-order chi connectivity index (χ1) is 14.6. The smallest absolute Gasteiger partial charge is 0.435 e. The average molecular weight is 472 g/mol. The monoisotopic (exact) mass is 471 g/mol. The summed E-state index contributed by atoms with van der Waals surface area (Å²) in [6.07, 6.45) is -2.13. The molecule has 0 aliphatic carbocycles. The Balaban J connectivity index is 1.63. The summed E-state index contributed by atoms with van der Waals surface area (Å²) >= 11 is 2.74. The van der Waals surface area contributed by atoms with E-state index in [1.807, 2.05) is 19.2 Å². The minimum absolute atomic E-state index is 0.124. The SMILES string of the molecule is CCOC(=O)OC(C)OC(=O)[C@@H]1N2C(=O)[C@@H](NC(=O)C(N)c3cccs3)[C@H]2SC1(C)C. The largest absolute Gasteiger partial charge is 0.511 e. The molecule has 0 aromatic carbocycles. The Bertz CT molecular complexity index is 861. The van der Waals surface area contributed by atoms with E-state index in [1.165, 1.54) is 34.9 Å². The first kappa shape index (κ1) is 23.4. The predicted octanol–water partition coefficient (Wildman–Crippen LogP) is 1.36. The Kier molecular flexibility index (Phi) is 6.82. The third-order valence-electron chi connectivity index (χ3n) is 4.90. The number of hydrogen-bond acceptors (Lipinski definition) is 10. The Morgan fingerprint density at radius 2 is 2.03 bits per heavy atom. The van der Waals surface area contributed by atoms with Crippen molar-refractivity contribution in [3.05, 3.63) is 22.4 Å². The maximum Gasteiger partial charge on any atom is 0.511 e. The molecule has 3 heterocycles. The molecule has 5 atom stereocenters. The van der Waals surface area contributed by atoms with Crippen LogP contribution in [0.1, 0.15) is 38.6 Å². The fourth-order valence-electron chi connectivity index (χ4n) is 3.51. The number of carbonyl (C=O) groups excluding carboxylic acids is 4. The van der Waals surface area contributed by atoms with Gasteiger partial charge in [-0.3, -0.25) is 9.59 Å². The Labute approximate surface area is 187 Å². The molecule has 31 heavy (non-hydrogen) atoms. The predicted molar refractivity (Wildman–Crippen MR) is 113 cm³/mol. The molecule has 2 saturated heterocycles. The van der Waals surface area contributed by atoms with Crippen molar-refractivity contribution in [1.29, 1.82) is 0 Å². The van der Waals surface area contributed by atoms with Gasteiger partial charge in [-0.1, -0.05) is 6.07 Å². The van der Waals surface area contributed by atoms with E-state index < -0.39 is 58.5 Å². The number of rotatable bonds is 7. The summed E-state index contributed by atoms with van der Waals surface area (Å²) in [7, 11) is 0. The quantitative estimate of drug-likeness (QED) is 0.343. The molecule has 2 amide bonds. The van der Waals surface area contributed by atoms with Crippen molar-refractivity contribution in [3.8, 4) is 0 Å². The summed E-state index contributed by atoms with van der Waals surface area (Å²) in [5, 5.41) is 4.08. The number of nitrogens with two attached hydrogens (primary N) is 1. The molecule has 1 aromatic heterocycles. The summed E-state index contributed by atoms with van der Waals surface area (Å²) < 4.78 is 14.0. The fourth-order valence-corrected chi connectivity index (χ4v) is 5.85. The van der Waals surface area contributed by atoms with Gasteiger partial charge < -0.3 is 30.2 Å². The van der Waals surface area contributed by atoms with E-state index in [1.54, 1.807) is 19.1 Å². The summed E-state index contributed by atoms with van der Waals surface area (Å²) in [4.78, 5) is 51.5. The lowest BCUT2D eigenvalue weighted by molar-refractivity contribution is -0.180. The summed E-state index contributed by atoms with van der Waals surface area (Å²) in [5.41, 5.74) is 5.98. The number of ether oxygens (including phenoxy) is 3. The van der Waals surface area contributed by atoms with Crippen molar-refractivity contribution in [2.24, 2.45) is 5.73 Å². The zero-order valence-corrected chi connectivity index (χ0v) is 19.2. The average Bonchev–Trinajstić information content (AvgIpc) is 3.30. The maximum atomic E-state index is 12.8. The molecule has 3 N–H and O–H groups in total. The van der Waals surface area contributed by atoms with Crippen LogP contribution in [0, 0.1) is 0 Å². The summed E-state index contributed by atoms with van der Waals surface area (Å²) in [5.74, 6) is -1.55. The normalized spacial score (nSPS) is 25.6. The molecular formula is C19H25N3O7S2. The van der Waals surface area contributed by atoms with Gasteiger partial charge in [-0.05, 0) is 32.2 Å². The molecule has 1 aromatic rings. The maximum absolute atomic E-state index is 12.8. The number of amides is 2. The highest BCUT2D eigenvalue weighted by atomic mass is 32.2. The van der Waals surface area contributed by atoms with Gasteiger partial charge in [0.05, 0.1) is 6.61 Å². The second-order valence-electron chi connectivity index (χ2n) is 7.54. The van der Waals surface area contributed by atoms with Crippen LogP contribution in [0.15, 0.2) is 17.5 Å². The molecular weight excluding hydrogens is 446 g/mol. The van der Waals surface area contributed by atoms with Crippen LogP contribution in [0.4, 0.5) is 4.79 Å². The van der Waals surface area contributed by atoms with Gasteiger partial charge in [-0.25, -0.2) is 9.59 Å². The summed E-state index contributed by atoms with van der Waals surface area (Å²) in [6.45, 7) is 6.74. The highest BCUT2D eigenvalue weighted by Gasteiger charge is 2.64. The van der Waals surface area contributed by atoms with Crippen LogP contribution in [-0.2, 0) is 28.6 Å². The molecule has 2 fully saturated rings. The highest BCUT2D eigenvalue weighted by Crippen LogP contribution is 2.51. The minimum Gasteiger partial charge on any atom is -0.435 e. The van der Waals surface area contributed by atoms with Crippen LogP contribution < -0.4 is 11.1 Å². The molecule has 170 valence electrons. The van der Waals surface area contributed by atoms with E-state index >= 15 is 0 Å². The van der Waals surface area contributed by atoms with Gasteiger partial charge in [-0.15, -0.1) is 23.1 Å². The number of nitrogens with one attached hydrogen (secondary N) is 1. The summed E-state index contributed by atoms with van der Waals surface area (Å²) in [6, 6.07) is 0.990.